The molecule has 0 spiro atoms. The molecule has 0 amide bonds. The van der Waals surface area contributed by atoms with Gasteiger partial charge in [-0.05, 0) is 49.2 Å². The normalized spacial score (nSPS) is 14.4. The number of rotatable bonds is 6. The molecule has 0 radical (unpaired) electrons. The van der Waals surface area contributed by atoms with E-state index < -0.39 is 0 Å². The molecule has 1 aromatic heterocycles. The zero-order valence-electron chi connectivity index (χ0n) is 17.1. The third-order valence-corrected chi connectivity index (χ3v) is 5.33. The molecule has 0 aliphatic carbocycles. The Bertz CT molecular complexity index is 949. The maximum atomic E-state index is 13.1. The minimum Gasteiger partial charge on any atom is -0.497 e. The van der Waals surface area contributed by atoms with E-state index in [1.807, 2.05) is 30.3 Å². The summed E-state index contributed by atoms with van der Waals surface area (Å²) < 4.78 is 23.8. The molecule has 1 fully saturated rings. The summed E-state index contributed by atoms with van der Waals surface area (Å²) in [6.07, 6.45) is 1.97. The van der Waals surface area contributed by atoms with E-state index in [9.17, 15) is 4.39 Å². The molecule has 6 nitrogen and oxygen atoms in total. The minimum atomic E-state index is -0.257. The fourth-order valence-electron chi connectivity index (χ4n) is 3.65. The molecule has 2 heterocycles. The average Bonchev–Trinajstić information content (AvgIpc) is 2.80. The molecular weight excluding hydrogens is 383 g/mol. The second-order valence-corrected chi connectivity index (χ2v) is 7.29. The van der Waals surface area contributed by atoms with Gasteiger partial charge in [0.1, 0.15) is 17.3 Å². The third-order valence-electron chi connectivity index (χ3n) is 5.33. The fourth-order valence-corrected chi connectivity index (χ4v) is 3.65. The summed E-state index contributed by atoms with van der Waals surface area (Å²) >= 11 is 0. The molecule has 0 unspecified atom stereocenters. The summed E-state index contributed by atoms with van der Waals surface area (Å²) in [7, 11) is 3.30. The summed E-state index contributed by atoms with van der Waals surface area (Å²) in [5, 5.41) is 12.3. The summed E-state index contributed by atoms with van der Waals surface area (Å²) in [6.45, 7) is 1.78. The van der Waals surface area contributed by atoms with Crippen molar-refractivity contribution in [3.63, 3.8) is 0 Å². The first-order valence-corrected chi connectivity index (χ1v) is 9.99. The van der Waals surface area contributed by atoms with Crippen LogP contribution >= 0.6 is 0 Å². The van der Waals surface area contributed by atoms with Gasteiger partial charge in [0.05, 0.1) is 19.9 Å². The first-order valence-electron chi connectivity index (χ1n) is 9.99. The monoisotopic (exact) mass is 408 g/mol. The number of hydrogen-bond acceptors (Lipinski definition) is 6. The van der Waals surface area contributed by atoms with Gasteiger partial charge in [0, 0.05) is 48.6 Å². The summed E-state index contributed by atoms with van der Waals surface area (Å²) in [4.78, 5) is 2.24. The summed E-state index contributed by atoms with van der Waals surface area (Å²) in [6, 6.07) is 16.4. The molecule has 4 rings (SSSR count). The second-order valence-electron chi connectivity index (χ2n) is 7.29. The Morgan fingerprint density at radius 2 is 1.57 bits per heavy atom. The Balaban J connectivity index is 1.36. The van der Waals surface area contributed by atoms with E-state index in [1.54, 1.807) is 26.4 Å². The second kappa shape index (κ2) is 8.98. The van der Waals surface area contributed by atoms with Crippen molar-refractivity contribution in [1.82, 2.24) is 10.2 Å². The molecule has 7 heteroatoms. The van der Waals surface area contributed by atoms with Gasteiger partial charge in [-0.1, -0.05) is 0 Å². The third kappa shape index (κ3) is 4.62. The van der Waals surface area contributed by atoms with Crippen LogP contribution in [0.5, 0.6) is 11.5 Å². The highest BCUT2D eigenvalue weighted by molar-refractivity contribution is 5.59. The molecular formula is C23H25FN4O2. The Kier molecular flexibility index (Phi) is 5.97. The maximum absolute atomic E-state index is 13.1. The number of nitrogens with zero attached hydrogens (tertiary/aromatic N) is 3. The van der Waals surface area contributed by atoms with Gasteiger partial charge in [-0.2, -0.15) is 0 Å². The van der Waals surface area contributed by atoms with Gasteiger partial charge in [-0.25, -0.2) is 4.39 Å². The zero-order chi connectivity index (χ0) is 20.9. The predicted octanol–water partition coefficient (Wildman–Crippen LogP) is 4.38. The SMILES string of the molecule is COc1cc(NC2CCN(c3ccc(-c4ccc(F)cc4)nn3)CC2)cc(OC)c1. The molecule has 1 aliphatic rings. The number of halogens is 1. The van der Waals surface area contributed by atoms with Crippen molar-refractivity contribution in [2.45, 2.75) is 18.9 Å². The number of nitrogens with one attached hydrogen (secondary N) is 1. The highest BCUT2D eigenvalue weighted by atomic mass is 19.1. The van der Waals surface area contributed by atoms with Crippen molar-refractivity contribution in [3.05, 3.63) is 60.4 Å². The van der Waals surface area contributed by atoms with Gasteiger partial charge >= 0.3 is 0 Å². The van der Waals surface area contributed by atoms with Gasteiger partial charge in [0.15, 0.2) is 5.82 Å². The van der Waals surface area contributed by atoms with Crippen LogP contribution in [0.15, 0.2) is 54.6 Å². The van der Waals surface area contributed by atoms with Crippen LogP contribution in [-0.4, -0.2) is 43.5 Å². The van der Waals surface area contributed by atoms with Crippen LogP contribution in [0.2, 0.25) is 0 Å². The molecule has 30 heavy (non-hydrogen) atoms. The molecule has 156 valence electrons. The number of methoxy groups -OCH3 is 2. The Labute approximate surface area is 175 Å². The lowest BCUT2D eigenvalue weighted by Crippen LogP contribution is -2.39. The van der Waals surface area contributed by atoms with E-state index in [-0.39, 0.29) is 5.82 Å². The van der Waals surface area contributed by atoms with Crippen molar-refractivity contribution in [1.29, 1.82) is 0 Å². The van der Waals surface area contributed by atoms with Gasteiger partial charge in [0.2, 0.25) is 0 Å². The summed E-state index contributed by atoms with van der Waals surface area (Å²) in [5.74, 6) is 2.14. The van der Waals surface area contributed by atoms with Gasteiger partial charge < -0.3 is 19.7 Å². The highest BCUT2D eigenvalue weighted by Gasteiger charge is 2.21. The van der Waals surface area contributed by atoms with Crippen LogP contribution in [0, 0.1) is 5.82 Å². The minimum absolute atomic E-state index is 0.257. The van der Waals surface area contributed by atoms with Crippen LogP contribution in [0.1, 0.15) is 12.8 Å². The van der Waals surface area contributed by atoms with Gasteiger partial charge in [-0.15, -0.1) is 10.2 Å². The van der Waals surface area contributed by atoms with E-state index in [4.69, 9.17) is 9.47 Å². The molecule has 2 aromatic carbocycles. The number of aromatic nitrogens is 2. The van der Waals surface area contributed by atoms with Crippen molar-refractivity contribution in [2.24, 2.45) is 0 Å². The molecule has 0 atom stereocenters. The van der Waals surface area contributed by atoms with Crippen LogP contribution in [0.3, 0.4) is 0 Å². The van der Waals surface area contributed by atoms with Crippen molar-refractivity contribution >= 4 is 11.5 Å². The van der Waals surface area contributed by atoms with Crippen molar-refractivity contribution in [2.75, 3.05) is 37.5 Å². The van der Waals surface area contributed by atoms with E-state index in [1.165, 1.54) is 12.1 Å². The molecule has 0 saturated carbocycles. The van der Waals surface area contributed by atoms with E-state index >= 15 is 0 Å². The Morgan fingerprint density at radius 1 is 0.900 bits per heavy atom. The first kappa shape index (κ1) is 19.9. The average molecular weight is 408 g/mol. The number of hydrogen-bond donors (Lipinski definition) is 1. The van der Waals surface area contributed by atoms with E-state index in [2.05, 4.69) is 20.4 Å². The zero-order valence-corrected chi connectivity index (χ0v) is 17.1. The maximum Gasteiger partial charge on any atom is 0.151 e. The van der Waals surface area contributed by atoms with Gasteiger partial charge in [-0.3, -0.25) is 0 Å². The quantitative estimate of drug-likeness (QED) is 0.653. The van der Waals surface area contributed by atoms with Crippen LogP contribution in [0.25, 0.3) is 11.3 Å². The van der Waals surface area contributed by atoms with Crippen molar-refractivity contribution in [3.8, 4) is 22.8 Å². The van der Waals surface area contributed by atoms with E-state index in [0.717, 1.165) is 60.2 Å². The number of ether oxygens (including phenoxy) is 2. The van der Waals surface area contributed by atoms with Crippen LogP contribution in [-0.2, 0) is 0 Å². The lowest BCUT2D eigenvalue weighted by molar-refractivity contribution is 0.394. The fraction of sp³-hybridized carbons (Fsp3) is 0.304. The van der Waals surface area contributed by atoms with Crippen molar-refractivity contribution < 1.29 is 13.9 Å². The standard InChI is InChI=1S/C23H25FN4O2/c1-29-20-13-19(14-21(15-20)30-2)25-18-9-11-28(12-10-18)23-8-7-22(26-27-23)16-3-5-17(24)6-4-16/h3-8,13-15,18,25H,9-12H2,1-2H3. The highest BCUT2D eigenvalue weighted by Crippen LogP contribution is 2.28. The molecule has 3 aromatic rings. The molecule has 1 aliphatic heterocycles. The lowest BCUT2D eigenvalue weighted by atomic mass is 10.0. The lowest BCUT2D eigenvalue weighted by Gasteiger charge is -2.33. The number of anilines is 2. The van der Waals surface area contributed by atoms with E-state index in [0.29, 0.717) is 6.04 Å². The van der Waals surface area contributed by atoms with Gasteiger partial charge in [0.25, 0.3) is 0 Å². The molecule has 1 saturated heterocycles. The largest absolute Gasteiger partial charge is 0.497 e. The predicted molar refractivity (Wildman–Crippen MR) is 116 cm³/mol. The Morgan fingerprint density at radius 3 is 2.13 bits per heavy atom. The topological polar surface area (TPSA) is 59.5 Å². The Hall–Kier alpha value is -3.35. The number of piperidine rings is 1. The molecule has 0 bridgehead atoms. The van der Waals surface area contributed by atoms with Crippen LogP contribution < -0.4 is 19.7 Å². The first-order chi connectivity index (χ1) is 14.6. The molecule has 1 N–H and O–H groups in total. The van der Waals surface area contributed by atoms with Crippen LogP contribution in [0.4, 0.5) is 15.9 Å². The number of benzene rings is 2. The smallest absolute Gasteiger partial charge is 0.151 e. The summed E-state index contributed by atoms with van der Waals surface area (Å²) in [5.41, 5.74) is 2.59.